The molecule has 0 radical (unpaired) electrons. The van der Waals surface area contributed by atoms with Crippen molar-refractivity contribution in [1.82, 2.24) is 0 Å². The Balaban J connectivity index is 1.97. The van der Waals surface area contributed by atoms with Crippen molar-refractivity contribution in [3.8, 4) is 0 Å². The number of nitrogens with one attached hydrogen (secondary N) is 1. The normalized spacial score (nSPS) is 9.95. The third-order valence-electron chi connectivity index (χ3n) is 2.69. The molecule has 2 aromatic carbocycles. The fraction of sp³-hybridized carbons (Fsp3) is 0.0667. The van der Waals surface area contributed by atoms with Gasteiger partial charge >= 0.3 is 6.09 Å². The van der Waals surface area contributed by atoms with Gasteiger partial charge in [0.1, 0.15) is 12.4 Å². The smallest absolute Gasteiger partial charge is 0.411 e. The number of nitrogens with two attached hydrogens (primary N) is 1. The fourth-order valence-corrected chi connectivity index (χ4v) is 1.67. The number of rotatable bonds is 4. The summed E-state index contributed by atoms with van der Waals surface area (Å²) in [5, 5.41) is 2.40. The van der Waals surface area contributed by atoms with Crippen LogP contribution < -0.4 is 11.1 Å². The molecular formula is C15H13FN2O3. The molecule has 108 valence electrons. The quantitative estimate of drug-likeness (QED) is 0.907. The molecule has 3 N–H and O–H groups in total. The first kappa shape index (κ1) is 14.5. The second-order valence-corrected chi connectivity index (χ2v) is 4.25. The van der Waals surface area contributed by atoms with E-state index in [0.29, 0.717) is 0 Å². The zero-order valence-electron chi connectivity index (χ0n) is 11.0. The molecule has 2 amide bonds. The zero-order valence-corrected chi connectivity index (χ0v) is 11.0. The second-order valence-electron chi connectivity index (χ2n) is 4.25. The van der Waals surface area contributed by atoms with E-state index in [9.17, 15) is 14.0 Å². The maximum Gasteiger partial charge on any atom is 0.411 e. The molecule has 0 aromatic heterocycles. The van der Waals surface area contributed by atoms with Gasteiger partial charge in [0.05, 0.1) is 5.56 Å². The SMILES string of the molecule is NC(=O)c1cc(NC(=O)OCc2ccccc2)ccc1F. The average Bonchev–Trinajstić information content (AvgIpc) is 2.48. The third-order valence-corrected chi connectivity index (χ3v) is 2.69. The van der Waals surface area contributed by atoms with Crippen LogP contribution in [0.3, 0.4) is 0 Å². The predicted octanol–water partition coefficient (Wildman–Crippen LogP) is 2.67. The van der Waals surface area contributed by atoms with E-state index < -0.39 is 17.8 Å². The van der Waals surface area contributed by atoms with Crippen molar-refractivity contribution in [2.75, 3.05) is 5.32 Å². The summed E-state index contributed by atoms with van der Waals surface area (Å²) < 4.78 is 18.3. The Morgan fingerprint density at radius 3 is 2.52 bits per heavy atom. The number of benzene rings is 2. The van der Waals surface area contributed by atoms with Crippen LogP contribution in [0.1, 0.15) is 15.9 Å². The van der Waals surface area contributed by atoms with Crippen molar-refractivity contribution >= 4 is 17.7 Å². The molecule has 2 aromatic rings. The van der Waals surface area contributed by atoms with Gasteiger partial charge in [-0.25, -0.2) is 9.18 Å². The van der Waals surface area contributed by atoms with Gasteiger partial charge in [0.15, 0.2) is 0 Å². The van der Waals surface area contributed by atoms with Gasteiger partial charge < -0.3 is 10.5 Å². The molecule has 0 heterocycles. The van der Waals surface area contributed by atoms with Crippen molar-refractivity contribution in [2.45, 2.75) is 6.61 Å². The Hall–Kier alpha value is -2.89. The van der Waals surface area contributed by atoms with E-state index in [2.05, 4.69) is 5.32 Å². The van der Waals surface area contributed by atoms with Gasteiger partial charge in [-0.05, 0) is 23.8 Å². The number of hydrogen-bond acceptors (Lipinski definition) is 3. The van der Waals surface area contributed by atoms with E-state index >= 15 is 0 Å². The minimum absolute atomic E-state index is 0.108. The third kappa shape index (κ3) is 4.04. The molecule has 0 aliphatic rings. The summed E-state index contributed by atoms with van der Waals surface area (Å²) in [4.78, 5) is 22.6. The van der Waals surface area contributed by atoms with Crippen LogP contribution in [0.4, 0.5) is 14.9 Å². The van der Waals surface area contributed by atoms with E-state index in [1.165, 1.54) is 6.07 Å². The van der Waals surface area contributed by atoms with Crippen LogP contribution in [0.5, 0.6) is 0 Å². The number of carbonyl (C=O) groups is 2. The van der Waals surface area contributed by atoms with Crippen LogP contribution in [0.15, 0.2) is 48.5 Å². The van der Waals surface area contributed by atoms with Crippen molar-refractivity contribution < 1.29 is 18.7 Å². The molecule has 0 fully saturated rings. The summed E-state index contributed by atoms with van der Waals surface area (Å²) in [5.41, 5.74) is 5.79. The van der Waals surface area contributed by atoms with E-state index in [-0.39, 0.29) is 17.9 Å². The van der Waals surface area contributed by atoms with E-state index in [4.69, 9.17) is 10.5 Å². The fourth-order valence-electron chi connectivity index (χ4n) is 1.67. The van der Waals surface area contributed by atoms with Gasteiger partial charge in [0, 0.05) is 5.69 Å². The Labute approximate surface area is 120 Å². The summed E-state index contributed by atoms with van der Waals surface area (Å²) in [6.07, 6.45) is -0.708. The zero-order chi connectivity index (χ0) is 15.2. The number of hydrogen-bond donors (Lipinski definition) is 2. The molecule has 0 unspecified atom stereocenters. The Kier molecular flexibility index (Phi) is 4.50. The molecular weight excluding hydrogens is 275 g/mol. The lowest BCUT2D eigenvalue weighted by Gasteiger charge is -2.08. The maximum absolute atomic E-state index is 13.3. The highest BCUT2D eigenvalue weighted by atomic mass is 19.1. The summed E-state index contributed by atoms with van der Waals surface area (Å²) in [6.45, 7) is 0.108. The molecule has 5 nitrogen and oxygen atoms in total. The highest BCUT2D eigenvalue weighted by Crippen LogP contribution is 2.14. The summed E-state index contributed by atoms with van der Waals surface area (Å²) in [5.74, 6) is -1.65. The van der Waals surface area contributed by atoms with Crippen molar-refractivity contribution in [3.63, 3.8) is 0 Å². The minimum Gasteiger partial charge on any atom is -0.444 e. The molecule has 2 rings (SSSR count). The molecule has 0 atom stereocenters. The van der Waals surface area contributed by atoms with Gasteiger partial charge in [-0.15, -0.1) is 0 Å². The van der Waals surface area contributed by atoms with Crippen LogP contribution in [-0.4, -0.2) is 12.0 Å². The molecule has 0 aliphatic carbocycles. The lowest BCUT2D eigenvalue weighted by molar-refractivity contribution is 0.0996. The molecule has 0 spiro atoms. The molecule has 0 saturated carbocycles. The van der Waals surface area contributed by atoms with Gasteiger partial charge in [-0.3, -0.25) is 10.1 Å². The van der Waals surface area contributed by atoms with Crippen LogP contribution in [0.2, 0.25) is 0 Å². The summed E-state index contributed by atoms with van der Waals surface area (Å²) in [6, 6.07) is 12.7. The topological polar surface area (TPSA) is 81.4 Å². The van der Waals surface area contributed by atoms with Crippen LogP contribution in [-0.2, 0) is 11.3 Å². The molecule has 0 aliphatic heterocycles. The van der Waals surface area contributed by atoms with Crippen LogP contribution >= 0.6 is 0 Å². The van der Waals surface area contributed by atoms with Crippen molar-refractivity contribution in [1.29, 1.82) is 0 Å². The molecule has 21 heavy (non-hydrogen) atoms. The minimum atomic E-state index is -0.909. The summed E-state index contributed by atoms with van der Waals surface area (Å²) >= 11 is 0. The van der Waals surface area contributed by atoms with E-state index in [1.807, 2.05) is 30.3 Å². The van der Waals surface area contributed by atoms with Gasteiger partial charge in [0.25, 0.3) is 5.91 Å². The monoisotopic (exact) mass is 288 g/mol. The van der Waals surface area contributed by atoms with E-state index in [0.717, 1.165) is 17.7 Å². The van der Waals surface area contributed by atoms with Crippen LogP contribution in [0.25, 0.3) is 0 Å². The number of carbonyl (C=O) groups excluding carboxylic acids is 2. The highest BCUT2D eigenvalue weighted by molar-refractivity contribution is 5.95. The second kappa shape index (κ2) is 6.51. The number of primary amides is 1. The maximum atomic E-state index is 13.3. The number of anilines is 1. The average molecular weight is 288 g/mol. The molecule has 6 heteroatoms. The largest absolute Gasteiger partial charge is 0.444 e. The Morgan fingerprint density at radius 2 is 1.86 bits per heavy atom. The lowest BCUT2D eigenvalue weighted by Crippen LogP contribution is -2.16. The predicted molar refractivity (Wildman–Crippen MR) is 75.2 cm³/mol. The standard InChI is InChI=1S/C15H13FN2O3/c16-13-7-6-11(8-12(13)14(17)19)18-15(20)21-9-10-4-2-1-3-5-10/h1-8H,9H2,(H2,17,19)(H,18,20). The van der Waals surface area contributed by atoms with Crippen molar-refractivity contribution in [3.05, 3.63) is 65.5 Å². The summed E-state index contributed by atoms with van der Waals surface area (Å²) in [7, 11) is 0. The van der Waals surface area contributed by atoms with Gasteiger partial charge in [0.2, 0.25) is 0 Å². The van der Waals surface area contributed by atoms with E-state index in [1.54, 1.807) is 0 Å². The Bertz CT molecular complexity index is 659. The number of halogens is 1. The Morgan fingerprint density at radius 1 is 1.14 bits per heavy atom. The first-order valence-corrected chi connectivity index (χ1v) is 6.13. The first-order valence-electron chi connectivity index (χ1n) is 6.13. The lowest BCUT2D eigenvalue weighted by atomic mass is 10.2. The number of amides is 2. The first-order chi connectivity index (χ1) is 10.1. The van der Waals surface area contributed by atoms with Gasteiger partial charge in [-0.2, -0.15) is 0 Å². The number of ether oxygens (including phenoxy) is 1. The van der Waals surface area contributed by atoms with Gasteiger partial charge in [-0.1, -0.05) is 30.3 Å². The molecule has 0 saturated heterocycles. The highest BCUT2D eigenvalue weighted by Gasteiger charge is 2.11. The van der Waals surface area contributed by atoms with Crippen molar-refractivity contribution in [2.24, 2.45) is 5.73 Å². The molecule has 0 bridgehead atoms. The van der Waals surface area contributed by atoms with Crippen LogP contribution in [0, 0.1) is 5.82 Å².